The summed E-state index contributed by atoms with van der Waals surface area (Å²) in [4.78, 5) is 69.4. The van der Waals surface area contributed by atoms with Crippen molar-refractivity contribution in [2.75, 3.05) is 7.05 Å². The first-order chi connectivity index (χ1) is 25.3. The van der Waals surface area contributed by atoms with Crippen molar-refractivity contribution in [3.8, 4) is 34.1 Å². The molecular formula is C40H53N5O9. The highest BCUT2D eigenvalue weighted by atomic mass is 16.3. The van der Waals surface area contributed by atoms with Crippen LogP contribution in [0.5, 0.6) is 23.0 Å². The van der Waals surface area contributed by atoms with Crippen molar-refractivity contribution in [3.63, 3.8) is 0 Å². The lowest BCUT2D eigenvalue weighted by atomic mass is 9.96. The molecule has 0 saturated heterocycles. The van der Waals surface area contributed by atoms with Gasteiger partial charge in [0.15, 0.2) is 0 Å². The number of hydrogen-bond donors (Lipinski definition) is 8. The van der Waals surface area contributed by atoms with Gasteiger partial charge in [0.2, 0.25) is 17.7 Å². The van der Waals surface area contributed by atoms with Crippen molar-refractivity contribution in [3.05, 3.63) is 71.8 Å². The number of carbonyl (C=O) groups is 5. The third-order valence-electron chi connectivity index (χ3n) is 8.81. The van der Waals surface area contributed by atoms with Gasteiger partial charge in [-0.05, 0) is 78.1 Å². The van der Waals surface area contributed by atoms with Crippen LogP contribution >= 0.6 is 0 Å². The van der Waals surface area contributed by atoms with Crippen LogP contribution in [0.15, 0.2) is 60.7 Å². The lowest BCUT2D eigenvalue weighted by Gasteiger charge is -2.29. The summed E-state index contributed by atoms with van der Waals surface area (Å²) in [5.74, 6) is -5.10. The zero-order chi connectivity index (χ0) is 40.4. The summed E-state index contributed by atoms with van der Waals surface area (Å²) < 4.78 is 0. The van der Waals surface area contributed by atoms with E-state index in [1.807, 2.05) is 27.7 Å². The molecule has 54 heavy (non-hydrogen) atoms. The van der Waals surface area contributed by atoms with Crippen LogP contribution < -0.4 is 21.7 Å². The van der Waals surface area contributed by atoms with E-state index in [0.717, 1.165) is 13.1 Å². The van der Waals surface area contributed by atoms with Crippen LogP contribution in [0.25, 0.3) is 11.1 Å². The predicted molar refractivity (Wildman–Crippen MR) is 203 cm³/mol. The second-order valence-corrected chi connectivity index (χ2v) is 14.7. The molecule has 3 rings (SSSR count). The van der Waals surface area contributed by atoms with Gasteiger partial charge in [-0.15, -0.1) is 0 Å². The number of nitrogens with one attached hydrogen (secondary N) is 3. The first kappa shape index (κ1) is 42.8. The number of carbonyl (C=O) groups excluding carboxylic acids is 5. The Labute approximate surface area is 315 Å². The molecule has 0 spiro atoms. The Balaban J connectivity index is 1.95. The van der Waals surface area contributed by atoms with Gasteiger partial charge < -0.3 is 42.1 Å². The fourth-order valence-corrected chi connectivity index (χ4v) is 5.93. The number of rotatable bonds is 16. The number of phenols is 4. The third-order valence-corrected chi connectivity index (χ3v) is 8.81. The van der Waals surface area contributed by atoms with Crippen LogP contribution in [0, 0.1) is 17.8 Å². The van der Waals surface area contributed by atoms with Gasteiger partial charge >= 0.3 is 0 Å². The molecule has 14 heteroatoms. The van der Waals surface area contributed by atoms with E-state index in [1.165, 1.54) is 42.5 Å². The van der Waals surface area contributed by atoms with Gasteiger partial charge in [-0.3, -0.25) is 28.9 Å². The summed E-state index contributed by atoms with van der Waals surface area (Å²) in [6.07, 6.45) is 0.536. The highest BCUT2D eigenvalue weighted by Gasteiger charge is 2.35. The van der Waals surface area contributed by atoms with E-state index in [-0.39, 0.29) is 53.1 Å². The second-order valence-electron chi connectivity index (χ2n) is 14.7. The molecule has 0 aromatic heterocycles. The van der Waals surface area contributed by atoms with E-state index in [2.05, 4.69) is 16.0 Å². The summed E-state index contributed by atoms with van der Waals surface area (Å²) in [6, 6.07) is 9.26. The molecule has 14 nitrogen and oxygen atoms in total. The van der Waals surface area contributed by atoms with E-state index >= 15 is 0 Å². The van der Waals surface area contributed by atoms with Gasteiger partial charge in [-0.2, -0.15) is 0 Å². The minimum atomic E-state index is -1.40. The molecule has 4 atom stereocenters. The van der Waals surface area contributed by atoms with E-state index in [1.54, 1.807) is 26.0 Å². The molecule has 3 aromatic carbocycles. The number of phenolic OH excluding ortho intramolecular Hbond substituents is 4. The van der Waals surface area contributed by atoms with Gasteiger partial charge in [0.05, 0.1) is 11.6 Å². The first-order valence-corrected chi connectivity index (χ1v) is 17.9. The minimum Gasteiger partial charge on any atom is -0.508 e. The summed E-state index contributed by atoms with van der Waals surface area (Å²) in [5, 5.41) is 49.4. The molecule has 3 aromatic rings. The third kappa shape index (κ3) is 11.4. The first-order valence-electron chi connectivity index (χ1n) is 17.9. The number of hydrogen-bond acceptors (Lipinski definition) is 10. The quantitative estimate of drug-likeness (QED) is 0.0994. The lowest BCUT2D eigenvalue weighted by molar-refractivity contribution is -0.136. The predicted octanol–water partition coefficient (Wildman–Crippen LogP) is 3.55. The lowest BCUT2D eigenvalue weighted by Crippen LogP contribution is -2.59. The summed E-state index contributed by atoms with van der Waals surface area (Å²) in [5.41, 5.74) is 6.37. The van der Waals surface area contributed by atoms with Crippen LogP contribution in [0.2, 0.25) is 0 Å². The van der Waals surface area contributed by atoms with Crippen LogP contribution in [0.4, 0.5) is 0 Å². The summed E-state index contributed by atoms with van der Waals surface area (Å²) >= 11 is 0. The Bertz CT molecular complexity index is 1790. The average molecular weight is 748 g/mol. The Morgan fingerprint density at radius 3 is 1.70 bits per heavy atom. The molecule has 0 bridgehead atoms. The topological polar surface area (TPSA) is 232 Å². The molecular weight excluding hydrogens is 694 g/mol. The number of likely N-dealkylation sites (N-methyl/N-ethyl adjacent to an activating group) is 1. The normalized spacial score (nSPS) is 13.5. The number of imide groups is 1. The van der Waals surface area contributed by atoms with E-state index in [0.29, 0.717) is 16.9 Å². The molecule has 9 N–H and O–H groups in total. The van der Waals surface area contributed by atoms with Gasteiger partial charge in [-0.25, -0.2) is 0 Å². The maximum atomic E-state index is 14.2. The van der Waals surface area contributed by atoms with E-state index in [4.69, 9.17) is 5.73 Å². The highest BCUT2D eigenvalue weighted by molar-refractivity contribution is 6.12. The Morgan fingerprint density at radius 2 is 1.17 bits per heavy atom. The zero-order valence-electron chi connectivity index (χ0n) is 31.8. The average Bonchev–Trinajstić information content (AvgIpc) is 3.10. The Kier molecular flexibility index (Phi) is 15.0. The number of nitrogens with two attached hydrogens (primary N) is 1. The van der Waals surface area contributed by atoms with Gasteiger partial charge in [0.25, 0.3) is 11.8 Å². The molecule has 0 aliphatic rings. The zero-order valence-corrected chi connectivity index (χ0v) is 31.8. The second kappa shape index (κ2) is 18.9. The van der Waals surface area contributed by atoms with Crippen molar-refractivity contribution >= 4 is 29.5 Å². The van der Waals surface area contributed by atoms with Crippen LogP contribution in [0.3, 0.4) is 0 Å². The Hall–Kier alpha value is -5.63. The molecule has 0 heterocycles. The smallest absolute Gasteiger partial charge is 0.264 e. The summed E-state index contributed by atoms with van der Waals surface area (Å²) in [6.45, 7) is 11.0. The van der Waals surface area contributed by atoms with Gasteiger partial charge in [-0.1, -0.05) is 65.8 Å². The Morgan fingerprint density at radius 1 is 0.648 bits per heavy atom. The maximum Gasteiger partial charge on any atom is 0.264 e. The van der Waals surface area contributed by atoms with Crippen LogP contribution in [-0.2, 0) is 25.6 Å². The summed E-state index contributed by atoms with van der Waals surface area (Å²) in [7, 11) is 1.16. The van der Waals surface area contributed by atoms with Crippen LogP contribution in [-0.4, -0.2) is 86.1 Å². The number of amides is 5. The molecule has 0 aliphatic carbocycles. The molecule has 0 fully saturated rings. The fourth-order valence-electron chi connectivity index (χ4n) is 5.93. The van der Waals surface area contributed by atoms with Crippen molar-refractivity contribution in [2.24, 2.45) is 23.5 Å². The van der Waals surface area contributed by atoms with Crippen molar-refractivity contribution in [1.29, 1.82) is 0 Å². The monoisotopic (exact) mass is 747 g/mol. The molecule has 0 aliphatic heterocycles. The largest absolute Gasteiger partial charge is 0.508 e. The van der Waals surface area contributed by atoms with Crippen LogP contribution in [0.1, 0.15) is 70.3 Å². The SMILES string of the molecule is CC(C)C[C@H](NC(=O)[C@@H](N)CC(C)C)C(=O)N[C@H](C(=O)N[C@@H](Cc1ccc(O)cc1)C(=O)N(C)C(=O)c1c(O)ccc(O)c1-c1ccc(O)cc1)C(C)C. The van der Waals surface area contributed by atoms with Gasteiger partial charge in [0, 0.05) is 19.0 Å². The fraction of sp³-hybridized carbons (Fsp3) is 0.425. The van der Waals surface area contributed by atoms with Crippen molar-refractivity contribution in [1.82, 2.24) is 20.9 Å². The molecule has 292 valence electrons. The number of benzene rings is 3. The van der Waals surface area contributed by atoms with Crippen molar-refractivity contribution in [2.45, 2.75) is 85.0 Å². The molecule has 0 radical (unpaired) electrons. The van der Waals surface area contributed by atoms with E-state index in [9.17, 15) is 44.4 Å². The number of nitrogens with zero attached hydrogens (tertiary/aromatic N) is 1. The van der Waals surface area contributed by atoms with Crippen molar-refractivity contribution < 1.29 is 44.4 Å². The molecule has 0 unspecified atom stereocenters. The highest BCUT2D eigenvalue weighted by Crippen LogP contribution is 2.39. The minimum absolute atomic E-state index is 0.00499. The maximum absolute atomic E-state index is 14.2. The number of aromatic hydroxyl groups is 4. The molecule has 5 amide bonds. The standard InChI is InChI=1S/C40H53N5O9/c1-21(2)18-28(41)36(50)42-29(19-22(3)4)37(51)44-35(23(5)6)38(52)43-30(20-24-8-12-26(46)13-9-24)39(53)45(7)40(54)34-32(49)17-16-31(48)33(34)25-10-14-27(47)15-11-25/h8-17,21-23,28-30,35,46-49H,18-20,41H2,1-7H3,(H,42,50)(H,43,52)(H,44,51)/t28-,29-,30-,35-/m0/s1. The molecule has 0 saturated carbocycles. The van der Waals surface area contributed by atoms with Gasteiger partial charge in [0.1, 0.15) is 41.1 Å². The van der Waals surface area contributed by atoms with E-state index < -0.39 is 70.9 Å².